The van der Waals surface area contributed by atoms with Gasteiger partial charge in [0.2, 0.25) is 11.6 Å². The van der Waals surface area contributed by atoms with Gasteiger partial charge < -0.3 is 8.92 Å². The highest BCUT2D eigenvalue weighted by Crippen LogP contribution is 2.40. The molecule has 3 aromatic rings. The van der Waals surface area contributed by atoms with Gasteiger partial charge in [0, 0.05) is 12.8 Å². The van der Waals surface area contributed by atoms with E-state index in [4.69, 9.17) is 4.74 Å². The number of thioether (sulfide) groups is 1. The normalized spacial score (nSPS) is 17.3. The third-order valence-electron chi connectivity index (χ3n) is 4.65. The van der Waals surface area contributed by atoms with E-state index in [1.165, 1.54) is 24.0 Å². The first kappa shape index (κ1) is 21.8. The largest absolute Gasteiger partial charge is 0.376 e. The Labute approximate surface area is 179 Å². The van der Waals surface area contributed by atoms with E-state index >= 15 is 8.78 Å². The van der Waals surface area contributed by atoms with Crippen molar-refractivity contribution in [3.05, 3.63) is 29.7 Å². The summed E-state index contributed by atoms with van der Waals surface area (Å²) >= 11 is 1.23. The van der Waals surface area contributed by atoms with E-state index in [-0.39, 0.29) is 11.4 Å². The predicted octanol–water partition coefficient (Wildman–Crippen LogP) is 3.67. The van der Waals surface area contributed by atoms with Crippen LogP contribution in [0.1, 0.15) is 25.5 Å². The van der Waals surface area contributed by atoms with E-state index < -0.39 is 50.5 Å². The van der Waals surface area contributed by atoms with Gasteiger partial charge in [-0.2, -0.15) is 17.9 Å². The van der Waals surface area contributed by atoms with Crippen molar-refractivity contribution in [3.8, 4) is 17.1 Å². The summed E-state index contributed by atoms with van der Waals surface area (Å²) in [7, 11) is -4.34. The lowest BCUT2D eigenvalue weighted by Gasteiger charge is -2.23. The molecule has 1 saturated heterocycles. The van der Waals surface area contributed by atoms with E-state index in [0.717, 1.165) is 17.5 Å². The fourth-order valence-electron chi connectivity index (χ4n) is 3.37. The summed E-state index contributed by atoms with van der Waals surface area (Å²) in [5.41, 5.74) is -0.465. The maximum atomic E-state index is 15.4. The Bertz CT molecular complexity index is 1260. The molecule has 0 bridgehead atoms. The summed E-state index contributed by atoms with van der Waals surface area (Å²) in [5.74, 6) is -6.04. The van der Waals surface area contributed by atoms with E-state index in [0.29, 0.717) is 24.4 Å². The van der Waals surface area contributed by atoms with Gasteiger partial charge in [0.1, 0.15) is 11.2 Å². The second-order valence-electron chi connectivity index (χ2n) is 6.83. The minimum atomic E-state index is -4.34. The van der Waals surface area contributed by atoms with Crippen molar-refractivity contribution in [3.63, 3.8) is 0 Å². The molecule has 4 rings (SSSR count). The second kappa shape index (κ2) is 8.28. The van der Waals surface area contributed by atoms with Crippen LogP contribution in [0, 0.1) is 17.5 Å². The highest BCUT2D eigenvalue weighted by Gasteiger charge is 2.33. The van der Waals surface area contributed by atoms with E-state index in [1.807, 2.05) is 0 Å². The van der Waals surface area contributed by atoms with Crippen LogP contribution in [0.25, 0.3) is 22.3 Å². The van der Waals surface area contributed by atoms with Crippen molar-refractivity contribution in [2.75, 3.05) is 19.1 Å². The summed E-state index contributed by atoms with van der Waals surface area (Å²) in [4.78, 5) is 8.30. The number of aromatic nitrogens is 4. The van der Waals surface area contributed by atoms with Crippen molar-refractivity contribution in [1.82, 2.24) is 19.7 Å². The average Bonchev–Trinajstić information content (AvgIpc) is 3.16. The SMILES string of the molecule is CSc1nccc(-c2nn(C3CCCCO3)c3c(F)c(F)c(OS(C)(=O)=O)c(F)c23)n1. The maximum Gasteiger partial charge on any atom is 0.306 e. The summed E-state index contributed by atoms with van der Waals surface area (Å²) in [5, 5.41) is 4.19. The number of ether oxygens (including phenoxy) is 1. The van der Waals surface area contributed by atoms with Crippen molar-refractivity contribution in [2.24, 2.45) is 0 Å². The molecule has 1 aliphatic heterocycles. The van der Waals surface area contributed by atoms with Gasteiger partial charge >= 0.3 is 10.1 Å². The second-order valence-corrected chi connectivity index (χ2v) is 9.17. The quantitative estimate of drug-likeness (QED) is 0.239. The van der Waals surface area contributed by atoms with Crippen LogP contribution in [-0.4, -0.2) is 47.3 Å². The lowest BCUT2D eigenvalue weighted by atomic mass is 10.1. The maximum absolute atomic E-state index is 15.4. The fraction of sp³-hybridized carbons (Fsp3) is 0.389. The van der Waals surface area contributed by atoms with Crippen molar-refractivity contribution >= 4 is 32.8 Å². The molecule has 0 spiro atoms. The lowest BCUT2D eigenvalue weighted by molar-refractivity contribution is -0.0368. The van der Waals surface area contributed by atoms with Gasteiger partial charge in [0.05, 0.1) is 17.3 Å². The Morgan fingerprint density at radius 3 is 2.65 bits per heavy atom. The molecular weight excluding hydrogens is 457 g/mol. The standard InChI is InChI=1S/C18H17F3N4O4S2/c1-30-18-22-7-6-9(23-18)15-11-12(19)17(29-31(2,26)27)14(21)13(20)16(11)25(24-15)10-5-3-4-8-28-10/h6-7,10H,3-5,8H2,1-2H3. The van der Waals surface area contributed by atoms with Crippen LogP contribution >= 0.6 is 11.8 Å². The molecule has 1 fully saturated rings. The minimum Gasteiger partial charge on any atom is -0.376 e. The molecular formula is C18H17F3N4O4S2. The Morgan fingerprint density at radius 1 is 1.23 bits per heavy atom. The molecule has 2 aromatic heterocycles. The molecule has 3 heterocycles. The Morgan fingerprint density at radius 2 is 2.00 bits per heavy atom. The molecule has 1 aromatic carbocycles. The van der Waals surface area contributed by atoms with Crippen LogP contribution in [-0.2, 0) is 14.9 Å². The number of hydrogen-bond acceptors (Lipinski definition) is 8. The zero-order valence-corrected chi connectivity index (χ0v) is 18.1. The van der Waals surface area contributed by atoms with Crippen LogP contribution < -0.4 is 4.18 Å². The van der Waals surface area contributed by atoms with Crippen molar-refractivity contribution in [2.45, 2.75) is 30.6 Å². The number of nitrogens with zero attached hydrogens (tertiary/aromatic N) is 4. The first-order valence-electron chi connectivity index (χ1n) is 9.18. The first-order chi connectivity index (χ1) is 14.7. The van der Waals surface area contributed by atoms with Crippen LogP contribution in [0.15, 0.2) is 17.4 Å². The summed E-state index contributed by atoms with van der Waals surface area (Å²) in [6.45, 7) is 0.382. The first-order valence-corrected chi connectivity index (χ1v) is 12.2. The summed E-state index contributed by atoms with van der Waals surface area (Å²) in [6, 6.07) is 1.44. The van der Waals surface area contributed by atoms with E-state index in [2.05, 4.69) is 19.2 Å². The molecule has 1 atom stereocenters. The van der Waals surface area contributed by atoms with Gasteiger partial charge in [-0.1, -0.05) is 11.8 Å². The van der Waals surface area contributed by atoms with Gasteiger partial charge in [0.15, 0.2) is 23.0 Å². The minimum absolute atomic E-state index is 0.114. The lowest BCUT2D eigenvalue weighted by Crippen LogP contribution is -2.20. The van der Waals surface area contributed by atoms with Gasteiger partial charge in [-0.05, 0) is 31.6 Å². The number of halogens is 3. The fourth-order valence-corrected chi connectivity index (χ4v) is 4.17. The van der Waals surface area contributed by atoms with Crippen LogP contribution in [0.5, 0.6) is 5.75 Å². The molecule has 1 unspecified atom stereocenters. The van der Waals surface area contributed by atoms with Crippen LogP contribution in [0.3, 0.4) is 0 Å². The van der Waals surface area contributed by atoms with Gasteiger partial charge in [-0.3, -0.25) is 0 Å². The smallest absolute Gasteiger partial charge is 0.306 e. The Balaban J connectivity index is 2.06. The molecule has 166 valence electrons. The van der Waals surface area contributed by atoms with Gasteiger partial charge in [-0.15, -0.1) is 0 Å². The van der Waals surface area contributed by atoms with Crippen LogP contribution in [0.2, 0.25) is 0 Å². The zero-order valence-electron chi connectivity index (χ0n) is 16.4. The molecule has 31 heavy (non-hydrogen) atoms. The molecule has 13 heteroatoms. The third kappa shape index (κ3) is 4.08. The topological polar surface area (TPSA) is 96.2 Å². The molecule has 0 aliphatic carbocycles. The number of hydrogen-bond donors (Lipinski definition) is 0. The van der Waals surface area contributed by atoms with Crippen molar-refractivity contribution in [1.29, 1.82) is 0 Å². The highest BCUT2D eigenvalue weighted by molar-refractivity contribution is 7.98. The van der Waals surface area contributed by atoms with E-state index in [1.54, 1.807) is 6.26 Å². The molecule has 8 nitrogen and oxygen atoms in total. The Hall–Kier alpha value is -2.38. The monoisotopic (exact) mass is 474 g/mol. The number of fused-ring (bicyclic) bond motifs is 1. The molecule has 0 amide bonds. The zero-order chi connectivity index (χ0) is 22.3. The van der Waals surface area contributed by atoms with E-state index in [9.17, 15) is 12.8 Å². The van der Waals surface area contributed by atoms with Gasteiger partial charge in [-0.25, -0.2) is 23.4 Å². The summed E-state index contributed by atoms with van der Waals surface area (Å²) in [6.07, 6.45) is 5.02. The highest BCUT2D eigenvalue weighted by atomic mass is 32.2. The van der Waals surface area contributed by atoms with Gasteiger partial charge in [0.25, 0.3) is 0 Å². The third-order valence-corrected chi connectivity index (χ3v) is 5.68. The molecule has 0 saturated carbocycles. The number of rotatable bonds is 5. The van der Waals surface area contributed by atoms with Crippen LogP contribution in [0.4, 0.5) is 13.2 Å². The summed E-state index contributed by atoms with van der Waals surface area (Å²) < 4.78 is 79.4. The predicted molar refractivity (Wildman–Crippen MR) is 107 cm³/mol. The average molecular weight is 474 g/mol. The number of benzene rings is 1. The van der Waals surface area contributed by atoms with Crippen molar-refractivity contribution < 1.29 is 30.5 Å². The molecule has 0 N–H and O–H groups in total. The Kier molecular flexibility index (Phi) is 5.83. The molecule has 1 aliphatic rings. The molecule has 0 radical (unpaired) electrons.